The number of anilines is 2. The zero-order valence-electron chi connectivity index (χ0n) is 21.7. The number of nitrogens with zero attached hydrogens (tertiary/aromatic N) is 1. The lowest BCUT2D eigenvalue weighted by molar-refractivity contribution is -0.123. The SMILES string of the molecule is O=C(CN1C(=O)[C@H](NC(=O)c2cc3ccccc3[nH]2)[C@H](c2ccccc2)Sc2cc(Cl)ccc21)Nc1ccccc1. The summed E-state index contributed by atoms with van der Waals surface area (Å²) in [7, 11) is 0. The maximum absolute atomic E-state index is 14.4. The maximum Gasteiger partial charge on any atom is 0.268 e. The molecule has 6 rings (SSSR count). The highest BCUT2D eigenvalue weighted by Crippen LogP contribution is 2.46. The van der Waals surface area contributed by atoms with Crippen molar-refractivity contribution in [2.45, 2.75) is 16.2 Å². The highest BCUT2D eigenvalue weighted by molar-refractivity contribution is 7.99. The number of thioether (sulfide) groups is 1. The first-order valence-electron chi connectivity index (χ1n) is 13.0. The van der Waals surface area contributed by atoms with Gasteiger partial charge < -0.3 is 20.5 Å². The Labute approximate surface area is 245 Å². The second-order valence-corrected chi connectivity index (χ2v) is 11.2. The monoisotopic (exact) mass is 580 g/mol. The Kier molecular flexibility index (Phi) is 7.50. The molecular weight excluding hydrogens is 556 g/mol. The molecule has 3 N–H and O–H groups in total. The van der Waals surface area contributed by atoms with Gasteiger partial charge in [0, 0.05) is 26.5 Å². The van der Waals surface area contributed by atoms with Crippen LogP contribution in [0, 0.1) is 0 Å². The summed E-state index contributed by atoms with van der Waals surface area (Å²) in [5, 5.41) is 6.75. The molecule has 204 valence electrons. The molecule has 41 heavy (non-hydrogen) atoms. The molecule has 9 heteroatoms. The molecule has 7 nitrogen and oxygen atoms in total. The van der Waals surface area contributed by atoms with Crippen LogP contribution in [-0.4, -0.2) is 35.3 Å². The van der Waals surface area contributed by atoms with E-state index in [1.807, 2.05) is 72.8 Å². The average molecular weight is 581 g/mol. The zero-order valence-corrected chi connectivity index (χ0v) is 23.3. The number of amides is 3. The van der Waals surface area contributed by atoms with Gasteiger partial charge in [0.05, 0.1) is 10.9 Å². The van der Waals surface area contributed by atoms with Gasteiger partial charge in [0.15, 0.2) is 0 Å². The number of aromatic amines is 1. The quantitative estimate of drug-likeness (QED) is 0.215. The number of hydrogen-bond donors (Lipinski definition) is 3. The van der Waals surface area contributed by atoms with Gasteiger partial charge >= 0.3 is 0 Å². The van der Waals surface area contributed by atoms with Crippen molar-refractivity contribution < 1.29 is 14.4 Å². The lowest BCUT2D eigenvalue weighted by Gasteiger charge is -2.28. The van der Waals surface area contributed by atoms with E-state index in [-0.39, 0.29) is 12.5 Å². The van der Waals surface area contributed by atoms with Crippen LogP contribution in [-0.2, 0) is 9.59 Å². The first kappa shape index (κ1) is 26.7. The van der Waals surface area contributed by atoms with Crippen LogP contribution < -0.4 is 15.5 Å². The van der Waals surface area contributed by atoms with Crippen LogP contribution in [0.4, 0.5) is 11.4 Å². The number of carbonyl (C=O) groups excluding carboxylic acids is 3. The van der Waals surface area contributed by atoms with E-state index in [1.54, 1.807) is 36.4 Å². The Balaban J connectivity index is 1.38. The second kappa shape index (κ2) is 11.5. The van der Waals surface area contributed by atoms with Gasteiger partial charge in [-0.1, -0.05) is 78.3 Å². The van der Waals surface area contributed by atoms with Crippen LogP contribution in [0.2, 0.25) is 5.02 Å². The summed E-state index contributed by atoms with van der Waals surface area (Å²) >= 11 is 7.82. The number of fused-ring (bicyclic) bond motifs is 2. The van der Waals surface area contributed by atoms with Crippen molar-refractivity contribution >= 4 is 63.4 Å². The molecule has 0 bridgehead atoms. The van der Waals surface area contributed by atoms with Gasteiger partial charge in [-0.05, 0) is 48.0 Å². The summed E-state index contributed by atoms with van der Waals surface area (Å²) in [5.41, 5.74) is 3.19. The fourth-order valence-electron chi connectivity index (χ4n) is 4.91. The van der Waals surface area contributed by atoms with Crippen molar-refractivity contribution in [2.75, 3.05) is 16.8 Å². The van der Waals surface area contributed by atoms with Crippen LogP contribution in [0.15, 0.2) is 114 Å². The van der Waals surface area contributed by atoms with Gasteiger partial charge in [-0.2, -0.15) is 0 Å². The summed E-state index contributed by atoms with van der Waals surface area (Å²) in [6.07, 6.45) is 0. The first-order chi connectivity index (χ1) is 20.0. The summed E-state index contributed by atoms with van der Waals surface area (Å²) in [4.78, 5) is 46.5. The van der Waals surface area contributed by atoms with Crippen LogP contribution >= 0.6 is 23.4 Å². The van der Waals surface area contributed by atoms with E-state index in [0.29, 0.717) is 22.1 Å². The predicted molar refractivity (Wildman–Crippen MR) is 163 cm³/mol. The van der Waals surface area contributed by atoms with Crippen LogP contribution in [0.1, 0.15) is 21.3 Å². The molecule has 0 aliphatic carbocycles. The van der Waals surface area contributed by atoms with Crippen molar-refractivity contribution in [1.29, 1.82) is 0 Å². The van der Waals surface area contributed by atoms with Crippen molar-refractivity contribution in [3.05, 3.63) is 125 Å². The van der Waals surface area contributed by atoms with Gasteiger partial charge in [-0.15, -0.1) is 11.8 Å². The first-order valence-corrected chi connectivity index (χ1v) is 14.3. The minimum atomic E-state index is -0.989. The standard InChI is InChI=1S/C32H25ClN4O3S/c33-22-15-16-26-27(18-22)41-30(20-9-3-1-4-10-20)29(36-31(39)25-17-21-11-7-8-14-24(21)35-25)32(40)37(26)19-28(38)34-23-12-5-2-6-13-23/h1-18,29-30,35H,19H2,(H,34,38)(H,36,39)/t29-,30+/m1/s1. The van der Waals surface area contributed by atoms with E-state index in [0.717, 1.165) is 21.4 Å². The van der Waals surface area contributed by atoms with E-state index < -0.39 is 23.1 Å². The topological polar surface area (TPSA) is 94.3 Å². The predicted octanol–water partition coefficient (Wildman–Crippen LogP) is 6.44. The number of benzene rings is 4. The smallest absolute Gasteiger partial charge is 0.268 e. The molecule has 0 saturated carbocycles. The Bertz CT molecular complexity index is 1710. The van der Waals surface area contributed by atoms with Gasteiger partial charge in [-0.25, -0.2) is 0 Å². The molecule has 4 aromatic carbocycles. The van der Waals surface area contributed by atoms with E-state index in [4.69, 9.17) is 11.6 Å². The highest BCUT2D eigenvalue weighted by atomic mass is 35.5. The number of carbonyl (C=O) groups is 3. The molecule has 1 aliphatic heterocycles. The molecule has 0 spiro atoms. The molecule has 0 unspecified atom stereocenters. The van der Waals surface area contributed by atoms with Gasteiger partial charge in [0.2, 0.25) is 5.91 Å². The molecule has 0 radical (unpaired) electrons. The number of para-hydroxylation sites is 2. The van der Waals surface area contributed by atoms with Crippen molar-refractivity contribution in [2.24, 2.45) is 0 Å². The van der Waals surface area contributed by atoms with Crippen molar-refractivity contribution in [3.63, 3.8) is 0 Å². The molecule has 2 heterocycles. The molecule has 3 amide bonds. The fourth-order valence-corrected chi connectivity index (χ4v) is 6.53. The highest BCUT2D eigenvalue weighted by Gasteiger charge is 2.40. The number of halogens is 1. The summed E-state index contributed by atoms with van der Waals surface area (Å²) < 4.78 is 0. The normalized spacial score (nSPS) is 16.6. The summed E-state index contributed by atoms with van der Waals surface area (Å²) in [6, 6.07) is 32.2. The van der Waals surface area contributed by atoms with Gasteiger partial charge in [0.1, 0.15) is 18.3 Å². The van der Waals surface area contributed by atoms with E-state index in [9.17, 15) is 14.4 Å². The van der Waals surface area contributed by atoms with Crippen LogP contribution in [0.5, 0.6) is 0 Å². The maximum atomic E-state index is 14.4. The molecule has 0 saturated heterocycles. The molecular formula is C32H25ClN4O3S. The van der Waals surface area contributed by atoms with Crippen molar-refractivity contribution in [3.8, 4) is 0 Å². The fraction of sp³-hybridized carbons (Fsp3) is 0.0938. The van der Waals surface area contributed by atoms with E-state index in [1.165, 1.54) is 16.7 Å². The third kappa shape index (κ3) is 5.70. The molecule has 0 fully saturated rings. The average Bonchev–Trinajstić information content (AvgIpc) is 3.39. The Hall–Kier alpha value is -4.53. The second-order valence-electron chi connectivity index (χ2n) is 9.62. The third-order valence-corrected chi connectivity index (χ3v) is 8.46. The lowest BCUT2D eigenvalue weighted by Crippen LogP contribution is -2.52. The molecule has 5 aromatic rings. The number of hydrogen-bond acceptors (Lipinski definition) is 4. The Morgan fingerprint density at radius 2 is 1.59 bits per heavy atom. The Morgan fingerprint density at radius 3 is 2.34 bits per heavy atom. The van der Waals surface area contributed by atoms with E-state index >= 15 is 0 Å². The number of nitrogens with one attached hydrogen (secondary N) is 3. The zero-order chi connectivity index (χ0) is 28.3. The van der Waals surface area contributed by atoms with Gasteiger partial charge in [-0.3, -0.25) is 14.4 Å². The van der Waals surface area contributed by atoms with Gasteiger partial charge in [0.25, 0.3) is 11.8 Å². The minimum absolute atomic E-state index is 0.247. The van der Waals surface area contributed by atoms with Crippen LogP contribution in [0.3, 0.4) is 0 Å². The summed E-state index contributed by atoms with van der Waals surface area (Å²) in [5.74, 6) is -1.19. The molecule has 1 aliphatic rings. The number of aromatic nitrogens is 1. The Morgan fingerprint density at radius 1 is 0.878 bits per heavy atom. The largest absolute Gasteiger partial charge is 0.351 e. The van der Waals surface area contributed by atoms with Crippen LogP contribution in [0.25, 0.3) is 10.9 Å². The molecule has 1 aromatic heterocycles. The minimum Gasteiger partial charge on any atom is -0.351 e. The van der Waals surface area contributed by atoms with Crippen molar-refractivity contribution in [1.82, 2.24) is 10.3 Å². The van der Waals surface area contributed by atoms with E-state index in [2.05, 4.69) is 15.6 Å². The lowest BCUT2D eigenvalue weighted by atomic mass is 10.0. The number of H-pyrrole nitrogens is 1. The number of rotatable bonds is 6. The molecule has 2 atom stereocenters. The summed E-state index contributed by atoms with van der Waals surface area (Å²) in [6.45, 7) is -0.247. The third-order valence-electron chi connectivity index (χ3n) is 6.85.